The minimum atomic E-state index is -0.294. The second-order valence-corrected chi connectivity index (χ2v) is 6.91. The summed E-state index contributed by atoms with van der Waals surface area (Å²) < 4.78 is 0.731. The lowest BCUT2D eigenvalue weighted by Gasteiger charge is -2.01. The molecule has 2 aromatic rings. The van der Waals surface area contributed by atoms with Crippen molar-refractivity contribution >= 4 is 34.0 Å². The lowest BCUT2D eigenvalue weighted by Crippen LogP contribution is -2.01. The van der Waals surface area contributed by atoms with Gasteiger partial charge in [0, 0.05) is 11.6 Å². The fourth-order valence-electron chi connectivity index (χ4n) is 1.64. The van der Waals surface area contributed by atoms with Crippen LogP contribution in [0.1, 0.15) is 23.2 Å². The molecule has 0 radical (unpaired) electrons. The Bertz CT molecular complexity index is 670. The number of thioether (sulfide) groups is 1. The number of nitrogens with one attached hydrogen (secondary N) is 1. The fourth-order valence-corrected chi connectivity index (χ4v) is 3.36. The van der Waals surface area contributed by atoms with E-state index in [0.29, 0.717) is 11.6 Å². The molecule has 1 aromatic heterocycles. The van der Waals surface area contributed by atoms with Crippen molar-refractivity contribution in [1.29, 1.82) is 0 Å². The van der Waals surface area contributed by atoms with E-state index in [9.17, 15) is 15.0 Å². The second-order valence-electron chi connectivity index (χ2n) is 4.71. The number of carbonyl (C=O) groups is 1. The number of nitrogens with zero attached hydrogens (tertiary/aromatic N) is 2. The normalized spacial score (nSPS) is 14.1. The first-order chi connectivity index (χ1) is 10.1. The third-order valence-electron chi connectivity index (χ3n) is 2.94. The molecule has 0 saturated heterocycles. The van der Waals surface area contributed by atoms with Crippen LogP contribution in [-0.4, -0.2) is 38.0 Å². The minimum absolute atomic E-state index is 0.137. The van der Waals surface area contributed by atoms with Crippen LogP contribution in [-0.2, 0) is 0 Å². The van der Waals surface area contributed by atoms with Crippen LogP contribution < -0.4 is 5.32 Å². The largest absolute Gasteiger partial charge is 0.504 e. The van der Waals surface area contributed by atoms with Crippen LogP contribution in [0.3, 0.4) is 0 Å². The van der Waals surface area contributed by atoms with Crippen LogP contribution in [0, 0.1) is 0 Å². The summed E-state index contributed by atoms with van der Waals surface area (Å²) in [6.07, 6.45) is 2.34. The summed E-state index contributed by atoms with van der Waals surface area (Å²) in [7, 11) is 0. The zero-order valence-electron chi connectivity index (χ0n) is 10.9. The molecule has 0 spiro atoms. The summed E-state index contributed by atoms with van der Waals surface area (Å²) in [5.74, 6) is -0.457. The van der Waals surface area contributed by atoms with Gasteiger partial charge in [0.25, 0.3) is 0 Å². The van der Waals surface area contributed by atoms with Gasteiger partial charge >= 0.3 is 0 Å². The maximum atomic E-state index is 12.0. The van der Waals surface area contributed by atoms with Crippen molar-refractivity contribution in [1.82, 2.24) is 10.2 Å². The summed E-state index contributed by atoms with van der Waals surface area (Å²) in [4.78, 5) is 12.0. The number of phenols is 2. The number of anilines is 1. The second kappa shape index (κ2) is 5.90. The van der Waals surface area contributed by atoms with E-state index < -0.39 is 0 Å². The predicted octanol–water partition coefficient (Wildman–Crippen LogP) is 2.50. The van der Waals surface area contributed by atoms with E-state index in [-0.39, 0.29) is 23.0 Å². The van der Waals surface area contributed by atoms with E-state index in [1.807, 2.05) is 0 Å². The molecule has 3 rings (SSSR count). The molecular formula is C13H13N3O3S2. The summed E-state index contributed by atoms with van der Waals surface area (Å²) in [5, 5.41) is 30.7. The summed E-state index contributed by atoms with van der Waals surface area (Å²) in [6.45, 7) is 0. The Kier molecular flexibility index (Phi) is 3.98. The lowest BCUT2D eigenvalue weighted by atomic mass is 10.1. The molecule has 3 N–H and O–H groups in total. The highest BCUT2D eigenvalue weighted by Crippen LogP contribution is 2.31. The number of hydrogen-bond acceptors (Lipinski definition) is 8. The smallest absolute Gasteiger partial charge is 0.206 e. The molecule has 8 heteroatoms. The zero-order chi connectivity index (χ0) is 14.8. The minimum Gasteiger partial charge on any atom is -0.504 e. The van der Waals surface area contributed by atoms with Gasteiger partial charge in [0.15, 0.2) is 21.6 Å². The zero-order valence-corrected chi connectivity index (χ0v) is 12.6. The third kappa shape index (κ3) is 3.64. The molecule has 0 atom stereocenters. The average Bonchev–Trinajstić information content (AvgIpc) is 3.16. The van der Waals surface area contributed by atoms with Crippen molar-refractivity contribution in [3.63, 3.8) is 0 Å². The Labute approximate surface area is 129 Å². The molecule has 1 saturated carbocycles. The lowest BCUT2D eigenvalue weighted by molar-refractivity contribution is 0.102. The van der Waals surface area contributed by atoms with Gasteiger partial charge in [-0.3, -0.25) is 4.79 Å². The van der Waals surface area contributed by atoms with E-state index in [2.05, 4.69) is 15.5 Å². The van der Waals surface area contributed by atoms with E-state index in [0.717, 1.165) is 9.47 Å². The Hall–Kier alpha value is -1.80. The first-order valence-corrected chi connectivity index (χ1v) is 8.20. The standard InChI is InChI=1S/C13H13N3O3S2/c17-9-4-1-7(5-10(9)18)11(19)6-20-13-16-15-12(21-13)14-8-2-3-8/h1,4-5,8,17-18H,2-3,6H2,(H,14,15). The molecule has 0 amide bonds. The van der Waals surface area contributed by atoms with Gasteiger partial charge in [0.05, 0.1) is 5.75 Å². The van der Waals surface area contributed by atoms with Crippen molar-refractivity contribution in [2.45, 2.75) is 23.2 Å². The summed E-state index contributed by atoms with van der Waals surface area (Å²) >= 11 is 2.74. The van der Waals surface area contributed by atoms with Gasteiger partial charge in [-0.15, -0.1) is 10.2 Å². The monoisotopic (exact) mass is 323 g/mol. The number of ketones is 1. The number of aromatic hydroxyl groups is 2. The molecule has 0 unspecified atom stereocenters. The van der Waals surface area contributed by atoms with Gasteiger partial charge in [-0.25, -0.2) is 0 Å². The van der Waals surface area contributed by atoms with Gasteiger partial charge in [0.1, 0.15) is 0 Å². The van der Waals surface area contributed by atoms with E-state index >= 15 is 0 Å². The van der Waals surface area contributed by atoms with Crippen molar-refractivity contribution in [3.05, 3.63) is 23.8 Å². The van der Waals surface area contributed by atoms with Crippen LogP contribution in [0.15, 0.2) is 22.5 Å². The van der Waals surface area contributed by atoms with Gasteiger partial charge in [-0.1, -0.05) is 23.1 Å². The Morgan fingerprint density at radius 3 is 2.86 bits per heavy atom. The van der Waals surface area contributed by atoms with E-state index in [1.165, 1.54) is 54.1 Å². The number of aromatic nitrogens is 2. The number of rotatable bonds is 6. The van der Waals surface area contributed by atoms with Crippen LogP contribution >= 0.6 is 23.1 Å². The quantitative estimate of drug-likeness (QED) is 0.427. The van der Waals surface area contributed by atoms with Gasteiger partial charge in [-0.05, 0) is 31.0 Å². The van der Waals surface area contributed by atoms with E-state index in [1.54, 1.807) is 0 Å². The summed E-state index contributed by atoms with van der Waals surface area (Å²) in [6, 6.07) is 4.57. The fraction of sp³-hybridized carbons (Fsp3) is 0.308. The highest BCUT2D eigenvalue weighted by atomic mass is 32.2. The first kappa shape index (κ1) is 14.2. The molecule has 1 aliphatic rings. The average molecular weight is 323 g/mol. The number of phenolic OH excluding ortho intramolecular Hbond substituents is 2. The molecule has 1 heterocycles. The Morgan fingerprint density at radius 1 is 1.33 bits per heavy atom. The van der Waals surface area contributed by atoms with Crippen LogP contribution in [0.25, 0.3) is 0 Å². The molecule has 1 aromatic carbocycles. The topological polar surface area (TPSA) is 95.3 Å². The van der Waals surface area contributed by atoms with Gasteiger partial charge < -0.3 is 15.5 Å². The maximum Gasteiger partial charge on any atom is 0.206 e. The Balaban J connectivity index is 1.57. The third-order valence-corrected chi connectivity index (χ3v) is 4.92. The molecule has 110 valence electrons. The molecule has 6 nitrogen and oxygen atoms in total. The number of benzene rings is 1. The first-order valence-electron chi connectivity index (χ1n) is 6.40. The summed E-state index contributed by atoms with van der Waals surface area (Å²) in [5.41, 5.74) is 0.360. The van der Waals surface area contributed by atoms with E-state index in [4.69, 9.17) is 0 Å². The predicted molar refractivity (Wildman–Crippen MR) is 81.4 cm³/mol. The maximum absolute atomic E-state index is 12.0. The number of Topliss-reactive ketones (excluding diaryl/α,β-unsaturated/α-hetero) is 1. The molecule has 0 aliphatic heterocycles. The number of carbonyl (C=O) groups excluding carboxylic acids is 1. The molecule has 1 aliphatic carbocycles. The van der Waals surface area contributed by atoms with Crippen molar-refractivity contribution in [2.24, 2.45) is 0 Å². The van der Waals surface area contributed by atoms with Crippen molar-refractivity contribution in [3.8, 4) is 11.5 Å². The van der Waals surface area contributed by atoms with Crippen LogP contribution in [0.2, 0.25) is 0 Å². The SMILES string of the molecule is O=C(CSc1nnc(NC2CC2)s1)c1ccc(O)c(O)c1. The highest BCUT2D eigenvalue weighted by molar-refractivity contribution is 8.01. The molecule has 21 heavy (non-hydrogen) atoms. The molecule has 0 bridgehead atoms. The van der Waals surface area contributed by atoms with Crippen LogP contribution in [0.4, 0.5) is 5.13 Å². The van der Waals surface area contributed by atoms with Crippen molar-refractivity contribution in [2.75, 3.05) is 11.1 Å². The van der Waals surface area contributed by atoms with Crippen molar-refractivity contribution < 1.29 is 15.0 Å². The van der Waals surface area contributed by atoms with Crippen LogP contribution in [0.5, 0.6) is 11.5 Å². The Morgan fingerprint density at radius 2 is 2.14 bits per heavy atom. The van der Waals surface area contributed by atoms with Gasteiger partial charge in [-0.2, -0.15) is 0 Å². The highest BCUT2D eigenvalue weighted by Gasteiger charge is 2.22. The number of hydrogen-bond donors (Lipinski definition) is 3. The molecular weight excluding hydrogens is 310 g/mol. The molecule has 1 fully saturated rings. The van der Waals surface area contributed by atoms with Gasteiger partial charge in [0.2, 0.25) is 5.13 Å².